The first-order valence-electron chi connectivity index (χ1n) is 7.39. The van der Waals surface area contributed by atoms with Crippen LogP contribution < -0.4 is 11.1 Å². The monoisotopic (exact) mass is 260 g/mol. The topological polar surface area (TPSA) is 55.1 Å². The molecular formula is C16H24N2O. The second-order valence-corrected chi connectivity index (χ2v) is 5.39. The molecule has 1 aliphatic rings. The Hall–Kier alpha value is -1.35. The Kier molecular flexibility index (Phi) is 4.97. The van der Waals surface area contributed by atoms with Crippen molar-refractivity contribution in [2.75, 3.05) is 5.32 Å². The highest BCUT2D eigenvalue weighted by atomic mass is 16.2. The SMILES string of the molecule is CCCC[C@H](N)C(=O)Nc1cccc2c1CCCC2. The fourth-order valence-electron chi connectivity index (χ4n) is 2.68. The fourth-order valence-corrected chi connectivity index (χ4v) is 2.68. The maximum Gasteiger partial charge on any atom is 0.241 e. The summed E-state index contributed by atoms with van der Waals surface area (Å²) in [5.74, 6) is -0.0487. The van der Waals surface area contributed by atoms with Gasteiger partial charge in [0.25, 0.3) is 0 Å². The van der Waals surface area contributed by atoms with Crippen LogP contribution in [-0.2, 0) is 17.6 Å². The molecule has 0 fully saturated rings. The number of nitrogens with two attached hydrogens (primary N) is 1. The molecule has 3 nitrogen and oxygen atoms in total. The Morgan fingerprint density at radius 1 is 1.37 bits per heavy atom. The second-order valence-electron chi connectivity index (χ2n) is 5.39. The van der Waals surface area contributed by atoms with Gasteiger partial charge in [0, 0.05) is 5.69 Å². The van der Waals surface area contributed by atoms with Crippen LogP contribution in [0.1, 0.15) is 50.2 Å². The van der Waals surface area contributed by atoms with Crippen LogP contribution in [-0.4, -0.2) is 11.9 Å². The van der Waals surface area contributed by atoms with Crippen molar-refractivity contribution >= 4 is 11.6 Å². The van der Waals surface area contributed by atoms with Gasteiger partial charge in [0.1, 0.15) is 0 Å². The molecule has 0 saturated heterocycles. The third-order valence-corrected chi connectivity index (χ3v) is 3.86. The van der Waals surface area contributed by atoms with Crippen molar-refractivity contribution in [2.45, 2.75) is 57.9 Å². The zero-order chi connectivity index (χ0) is 13.7. The Morgan fingerprint density at radius 3 is 2.95 bits per heavy atom. The Morgan fingerprint density at radius 2 is 2.16 bits per heavy atom. The maximum atomic E-state index is 12.1. The van der Waals surface area contributed by atoms with Crippen molar-refractivity contribution in [3.05, 3.63) is 29.3 Å². The summed E-state index contributed by atoms with van der Waals surface area (Å²) in [6, 6.07) is 5.80. The molecular weight excluding hydrogens is 236 g/mol. The van der Waals surface area contributed by atoms with E-state index >= 15 is 0 Å². The van der Waals surface area contributed by atoms with E-state index < -0.39 is 0 Å². The fraction of sp³-hybridized carbons (Fsp3) is 0.562. The van der Waals surface area contributed by atoms with Crippen molar-refractivity contribution in [2.24, 2.45) is 5.73 Å². The third-order valence-electron chi connectivity index (χ3n) is 3.86. The zero-order valence-electron chi connectivity index (χ0n) is 11.7. The number of unbranched alkanes of at least 4 members (excludes halogenated alkanes) is 1. The largest absolute Gasteiger partial charge is 0.324 e. The van der Waals surface area contributed by atoms with Crippen LogP contribution >= 0.6 is 0 Å². The standard InChI is InChI=1S/C16H24N2O/c1-2-3-10-14(17)16(19)18-15-11-6-8-12-7-4-5-9-13(12)15/h6,8,11,14H,2-5,7,9-10,17H2,1H3,(H,18,19)/t14-/m0/s1. The van der Waals surface area contributed by atoms with Crippen LogP contribution in [0.25, 0.3) is 0 Å². The van der Waals surface area contributed by atoms with E-state index in [1.54, 1.807) is 0 Å². The number of hydrogen-bond acceptors (Lipinski definition) is 2. The van der Waals surface area contributed by atoms with Crippen LogP contribution in [0.5, 0.6) is 0 Å². The molecule has 1 aromatic rings. The summed E-state index contributed by atoms with van der Waals surface area (Å²) in [5.41, 5.74) is 9.57. The molecule has 3 heteroatoms. The lowest BCUT2D eigenvalue weighted by Gasteiger charge is -2.20. The van der Waals surface area contributed by atoms with Gasteiger partial charge in [-0.3, -0.25) is 4.79 Å². The first kappa shape index (κ1) is 14.1. The number of anilines is 1. The number of fused-ring (bicyclic) bond motifs is 1. The highest BCUT2D eigenvalue weighted by Crippen LogP contribution is 2.27. The molecule has 0 saturated carbocycles. The minimum Gasteiger partial charge on any atom is -0.324 e. The smallest absolute Gasteiger partial charge is 0.241 e. The summed E-state index contributed by atoms with van der Waals surface area (Å²) in [6.45, 7) is 2.11. The maximum absolute atomic E-state index is 12.1. The molecule has 0 bridgehead atoms. The van der Waals surface area contributed by atoms with E-state index in [0.717, 1.165) is 37.8 Å². The second kappa shape index (κ2) is 6.71. The van der Waals surface area contributed by atoms with Gasteiger partial charge in [-0.1, -0.05) is 31.9 Å². The molecule has 1 aliphatic carbocycles. The summed E-state index contributed by atoms with van der Waals surface area (Å²) in [5, 5.41) is 3.01. The predicted octanol–water partition coefficient (Wildman–Crippen LogP) is 3.02. The molecule has 0 unspecified atom stereocenters. The quantitative estimate of drug-likeness (QED) is 0.855. The Bertz CT molecular complexity index is 442. The molecule has 0 radical (unpaired) electrons. The number of hydrogen-bond donors (Lipinski definition) is 2. The molecule has 1 atom stereocenters. The number of carbonyl (C=O) groups excluding carboxylic acids is 1. The molecule has 0 heterocycles. The normalized spacial score (nSPS) is 15.7. The Labute approximate surface area is 115 Å². The molecule has 19 heavy (non-hydrogen) atoms. The number of nitrogens with one attached hydrogen (secondary N) is 1. The van der Waals surface area contributed by atoms with Crippen LogP contribution in [0.3, 0.4) is 0 Å². The first-order valence-corrected chi connectivity index (χ1v) is 7.39. The predicted molar refractivity (Wildman–Crippen MR) is 79.2 cm³/mol. The van der Waals surface area contributed by atoms with Gasteiger partial charge in [0.2, 0.25) is 5.91 Å². The minimum atomic E-state index is -0.389. The summed E-state index contributed by atoms with van der Waals surface area (Å²) in [6.07, 6.45) is 7.49. The van der Waals surface area contributed by atoms with Crippen molar-refractivity contribution in [3.63, 3.8) is 0 Å². The number of amides is 1. The average molecular weight is 260 g/mol. The molecule has 1 aromatic carbocycles. The molecule has 104 valence electrons. The molecule has 0 aliphatic heterocycles. The lowest BCUT2D eigenvalue weighted by atomic mass is 9.90. The lowest BCUT2D eigenvalue weighted by molar-refractivity contribution is -0.117. The van der Waals surface area contributed by atoms with Crippen LogP contribution in [0.4, 0.5) is 5.69 Å². The van der Waals surface area contributed by atoms with Crippen LogP contribution in [0, 0.1) is 0 Å². The summed E-state index contributed by atoms with van der Waals surface area (Å²) in [7, 11) is 0. The molecule has 2 rings (SSSR count). The highest BCUT2D eigenvalue weighted by Gasteiger charge is 2.17. The van der Waals surface area contributed by atoms with Crippen LogP contribution in [0.2, 0.25) is 0 Å². The molecule has 0 aromatic heterocycles. The van der Waals surface area contributed by atoms with Gasteiger partial charge < -0.3 is 11.1 Å². The van der Waals surface area contributed by atoms with Crippen molar-refractivity contribution < 1.29 is 4.79 Å². The molecule has 0 spiro atoms. The molecule has 3 N–H and O–H groups in total. The van der Waals surface area contributed by atoms with E-state index in [2.05, 4.69) is 18.3 Å². The van der Waals surface area contributed by atoms with E-state index in [1.807, 2.05) is 12.1 Å². The zero-order valence-corrected chi connectivity index (χ0v) is 11.7. The third kappa shape index (κ3) is 3.57. The highest BCUT2D eigenvalue weighted by molar-refractivity contribution is 5.95. The summed E-state index contributed by atoms with van der Waals surface area (Å²) < 4.78 is 0. The average Bonchev–Trinajstić information content (AvgIpc) is 2.45. The number of carbonyl (C=O) groups is 1. The van der Waals surface area contributed by atoms with Gasteiger partial charge in [-0.15, -0.1) is 0 Å². The van der Waals surface area contributed by atoms with E-state index in [0.29, 0.717) is 0 Å². The van der Waals surface area contributed by atoms with Gasteiger partial charge in [-0.2, -0.15) is 0 Å². The lowest BCUT2D eigenvalue weighted by Crippen LogP contribution is -2.35. The van der Waals surface area contributed by atoms with Gasteiger partial charge in [-0.05, 0) is 49.3 Å². The minimum absolute atomic E-state index is 0.0487. The van der Waals surface area contributed by atoms with E-state index in [1.165, 1.54) is 24.0 Å². The summed E-state index contributed by atoms with van der Waals surface area (Å²) in [4.78, 5) is 12.1. The summed E-state index contributed by atoms with van der Waals surface area (Å²) >= 11 is 0. The van der Waals surface area contributed by atoms with Crippen LogP contribution in [0.15, 0.2) is 18.2 Å². The van der Waals surface area contributed by atoms with E-state index in [9.17, 15) is 4.79 Å². The number of rotatable bonds is 5. The Balaban J connectivity index is 2.04. The van der Waals surface area contributed by atoms with Gasteiger partial charge in [-0.25, -0.2) is 0 Å². The first-order chi connectivity index (χ1) is 9.22. The van der Waals surface area contributed by atoms with Crippen molar-refractivity contribution in [1.82, 2.24) is 0 Å². The van der Waals surface area contributed by atoms with Gasteiger partial charge >= 0.3 is 0 Å². The van der Waals surface area contributed by atoms with Gasteiger partial charge in [0.05, 0.1) is 6.04 Å². The van der Waals surface area contributed by atoms with E-state index in [-0.39, 0.29) is 11.9 Å². The van der Waals surface area contributed by atoms with Gasteiger partial charge in [0.15, 0.2) is 0 Å². The molecule has 1 amide bonds. The van der Waals surface area contributed by atoms with E-state index in [4.69, 9.17) is 5.73 Å². The van der Waals surface area contributed by atoms with Crippen molar-refractivity contribution in [3.8, 4) is 0 Å². The van der Waals surface area contributed by atoms with Crippen molar-refractivity contribution in [1.29, 1.82) is 0 Å². The number of benzene rings is 1. The number of aryl methyl sites for hydroxylation is 1.